The number of carbonyl (C=O) groups excluding carboxylic acids is 1. The molecule has 0 aliphatic heterocycles. The van der Waals surface area contributed by atoms with Gasteiger partial charge in [-0.1, -0.05) is 51.8 Å². The van der Waals surface area contributed by atoms with Crippen LogP contribution in [0.2, 0.25) is 5.02 Å². The minimum Gasteiger partial charge on any atom is -0.349 e. The van der Waals surface area contributed by atoms with Gasteiger partial charge in [0, 0.05) is 9.50 Å². The summed E-state index contributed by atoms with van der Waals surface area (Å²) in [6.07, 6.45) is 0. The highest BCUT2D eigenvalue weighted by atomic mass is 79.9. The van der Waals surface area contributed by atoms with Gasteiger partial charge in [0.2, 0.25) is 5.91 Å². The SMILES string of the molecule is CC(NC(=O)CS(=O)(=O)Cc1cccc(Br)c1)c1ccc(Cl)cc1. The number of hydrogen-bond donors (Lipinski definition) is 1. The molecular formula is C17H17BrClNO3S. The highest BCUT2D eigenvalue weighted by Crippen LogP contribution is 2.17. The number of nitrogens with one attached hydrogen (secondary N) is 1. The molecule has 0 saturated heterocycles. The van der Waals surface area contributed by atoms with Crippen LogP contribution >= 0.6 is 27.5 Å². The maximum Gasteiger partial charge on any atom is 0.235 e. The van der Waals surface area contributed by atoms with E-state index in [2.05, 4.69) is 21.2 Å². The first-order chi connectivity index (χ1) is 11.2. The first kappa shape index (κ1) is 19.0. The quantitative estimate of drug-likeness (QED) is 0.756. The predicted molar refractivity (Wildman–Crippen MR) is 99.6 cm³/mol. The van der Waals surface area contributed by atoms with Gasteiger partial charge in [-0.15, -0.1) is 0 Å². The Morgan fingerprint density at radius 2 is 1.88 bits per heavy atom. The fraction of sp³-hybridized carbons (Fsp3) is 0.235. The second-order valence-electron chi connectivity index (χ2n) is 5.50. The van der Waals surface area contributed by atoms with Gasteiger partial charge in [-0.25, -0.2) is 8.42 Å². The minimum absolute atomic E-state index is 0.171. The average molecular weight is 431 g/mol. The highest BCUT2D eigenvalue weighted by molar-refractivity contribution is 9.10. The van der Waals surface area contributed by atoms with Gasteiger partial charge in [-0.2, -0.15) is 0 Å². The maximum absolute atomic E-state index is 12.2. The fourth-order valence-corrected chi connectivity index (χ4v) is 4.09. The molecule has 2 rings (SSSR count). The van der Waals surface area contributed by atoms with E-state index >= 15 is 0 Å². The summed E-state index contributed by atoms with van der Waals surface area (Å²) in [4.78, 5) is 12.0. The molecule has 0 aliphatic rings. The third kappa shape index (κ3) is 5.92. The molecule has 4 nitrogen and oxygen atoms in total. The fourth-order valence-electron chi connectivity index (χ4n) is 2.25. The first-order valence-electron chi connectivity index (χ1n) is 7.25. The lowest BCUT2D eigenvalue weighted by molar-refractivity contribution is -0.119. The van der Waals surface area contributed by atoms with Crippen molar-refractivity contribution in [3.63, 3.8) is 0 Å². The highest BCUT2D eigenvalue weighted by Gasteiger charge is 2.19. The van der Waals surface area contributed by atoms with Crippen LogP contribution in [0.15, 0.2) is 53.0 Å². The molecule has 0 fully saturated rings. The number of hydrogen-bond acceptors (Lipinski definition) is 3. The van der Waals surface area contributed by atoms with Crippen molar-refractivity contribution in [3.05, 3.63) is 69.2 Å². The van der Waals surface area contributed by atoms with Crippen LogP contribution in [0.1, 0.15) is 24.1 Å². The molecule has 1 amide bonds. The number of rotatable bonds is 6. The molecule has 7 heteroatoms. The smallest absolute Gasteiger partial charge is 0.235 e. The summed E-state index contributed by atoms with van der Waals surface area (Å²) >= 11 is 9.13. The van der Waals surface area contributed by atoms with Gasteiger partial charge < -0.3 is 5.32 Å². The molecule has 0 aliphatic carbocycles. The van der Waals surface area contributed by atoms with E-state index in [1.807, 2.05) is 6.07 Å². The molecule has 0 saturated carbocycles. The third-order valence-corrected chi connectivity index (χ3v) is 5.59. The molecule has 0 aromatic heterocycles. The van der Waals surface area contributed by atoms with Crippen LogP contribution in [0.3, 0.4) is 0 Å². The number of sulfone groups is 1. The second-order valence-corrected chi connectivity index (χ2v) is 8.92. The summed E-state index contributed by atoms with van der Waals surface area (Å²) in [6, 6.07) is 13.8. The summed E-state index contributed by atoms with van der Waals surface area (Å²) in [5, 5.41) is 3.30. The Kier molecular flexibility index (Phi) is 6.43. The molecule has 1 atom stereocenters. The van der Waals surface area contributed by atoms with E-state index in [9.17, 15) is 13.2 Å². The summed E-state index contributed by atoms with van der Waals surface area (Å²) in [6.45, 7) is 1.79. The zero-order valence-corrected chi connectivity index (χ0v) is 16.2. The molecular weight excluding hydrogens is 414 g/mol. The van der Waals surface area contributed by atoms with Crippen LogP contribution in [-0.2, 0) is 20.4 Å². The van der Waals surface area contributed by atoms with Crippen LogP contribution in [0.25, 0.3) is 0 Å². The summed E-state index contributed by atoms with van der Waals surface area (Å²) < 4.78 is 25.2. The Morgan fingerprint density at radius 1 is 1.21 bits per heavy atom. The van der Waals surface area contributed by atoms with Gasteiger partial charge in [-0.3, -0.25) is 4.79 Å². The Morgan fingerprint density at radius 3 is 2.50 bits per heavy atom. The maximum atomic E-state index is 12.2. The number of amides is 1. The molecule has 0 radical (unpaired) electrons. The molecule has 2 aromatic rings. The van der Waals surface area contributed by atoms with Crippen LogP contribution in [0.5, 0.6) is 0 Å². The van der Waals surface area contributed by atoms with Crippen molar-refractivity contribution in [2.24, 2.45) is 0 Å². The van der Waals surface area contributed by atoms with Crippen molar-refractivity contribution in [3.8, 4) is 0 Å². The Hall–Kier alpha value is -1.37. The average Bonchev–Trinajstić information content (AvgIpc) is 2.46. The molecule has 24 heavy (non-hydrogen) atoms. The van der Waals surface area contributed by atoms with Gasteiger partial charge >= 0.3 is 0 Å². The Labute approximate surface area is 155 Å². The number of carbonyl (C=O) groups is 1. The van der Waals surface area contributed by atoms with Gasteiger partial charge in [0.05, 0.1) is 11.8 Å². The topological polar surface area (TPSA) is 63.2 Å². The van der Waals surface area contributed by atoms with Crippen molar-refractivity contribution in [1.29, 1.82) is 0 Å². The largest absolute Gasteiger partial charge is 0.349 e. The van der Waals surface area contributed by atoms with Crippen LogP contribution < -0.4 is 5.32 Å². The van der Waals surface area contributed by atoms with Crippen LogP contribution in [0.4, 0.5) is 0 Å². The lowest BCUT2D eigenvalue weighted by atomic mass is 10.1. The lowest BCUT2D eigenvalue weighted by Gasteiger charge is -2.14. The van der Waals surface area contributed by atoms with E-state index in [0.717, 1.165) is 10.0 Å². The van der Waals surface area contributed by atoms with Crippen LogP contribution in [-0.4, -0.2) is 20.1 Å². The summed E-state index contributed by atoms with van der Waals surface area (Å²) in [7, 11) is -3.54. The van der Waals surface area contributed by atoms with Crippen molar-refractivity contribution in [2.75, 3.05) is 5.75 Å². The monoisotopic (exact) mass is 429 g/mol. The summed E-state index contributed by atoms with van der Waals surface area (Å²) in [5.74, 6) is -1.24. The lowest BCUT2D eigenvalue weighted by Crippen LogP contribution is -2.32. The van der Waals surface area contributed by atoms with Crippen molar-refractivity contribution >= 4 is 43.3 Å². The third-order valence-electron chi connectivity index (χ3n) is 3.37. The molecule has 2 aromatic carbocycles. The predicted octanol–water partition coefficient (Wildman–Crippen LogP) is 3.89. The van der Waals surface area contributed by atoms with Crippen molar-refractivity contribution in [1.82, 2.24) is 5.32 Å². The van der Waals surface area contributed by atoms with E-state index in [4.69, 9.17) is 11.6 Å². The van der Waals surface area contributed by atoms with Crippen molar-refractivity contribution in [2.45, 2.75) is 18.7 Å². The normalized spacial score (nSPS) is 12.6. The number of benzene rings is 2. The standard InChI is InChI=1S/C17H17BrClNO3S/c1-12(14-5-7-16(19)8-6-14)20-17(21)11-24(22,23)10-13-3-2-4-15(18)9-13/h2-9,12H,10-11H2,1H3,(H,20,21). The van der Waals surface area contributed by atoms with E-state index in [-0.39, 0.29) is 11.8 Å². The first-order valence-corrected chi connectivity index (χ1v) is 10.2. The van der Waals surface area contributed by atoms with Gasteiger partial charge in [0.15, 0.2) is 9.84 Å². The van der Waals surface area contributed by atoms with E-state index in [1.54, 1.807) is 49.4 Å². The van der Waals surface area contributed by atoms with Crippen molar-refractivity contribution < 1.29 is 13.2 Å². The van der Waals surface area contributed by atoms with E-state index in [0.29, 0.717) is 10.6 Å². The zero-order chi connectivity index (χ0) is 17.7. The Balaban J connectivity index is 1.96. The second kappa shape index (κ2) is 8.14. The molecule has 1 N–H and O–H groups in total. The molecule has 0 spiro atoms. The minimum atomic E-state index is -3.54. The van der Waals surface area contributed by atoms with Gasteiger partial charge in [-0.05, 0) is 42.3 Å². The zero-order valence-electron chi connectivity index (χ0n) is 13.0. The number of halogens is 2. The van der Waals surface area contributed by atoms with E-state index in [1.165, 1.54) is 0 Å². The summed E-state index contributed by atoms with van der Waals surface area (Å²) in [5.41, 5.74) is 1.50. The molecule has 0 heterocycles. The molecule has 0 bridgehead atoms. The van der Waals surface area contributed by atoms with E-state index < -0.39 is 21.5 Å². The Bertz CT molecular complexity index is 822. The van der Waals surface area contributed by atoms with Crippen LogP contribution in [0, 0.1) is 0 Å². The molecule has 1 unspecified atom stereocenters. The van der Waals surface area contributed by atoms with Gasteiger partial charge in [0.25, 0.3) is 0 Å². The molecule has 128 valence electrons. The van der Waals surface area contributed by atoms with Gasteiger partial charge in [0.1, 0.15) is 5.75 Å².